The smallest absolute Gasteiger partial charge is 0.166 e. The second kappa shape index (κ2) is 8.99. The number of anilines is 1. The van der Waals surface area contributed by atoms with E-state index in [1.54, 1.807) is 12.1 Å². The lowest BCUT2D eigenvalue weighted by atomic mass is 10.1. The van der Waals surface area contributed by atoms with Crippen LogP contribution >= 0.6 is 54.5 Å². The van der Waals surface area contributed by atoms with Gasteiger partial charge < -0.3 is 5.11 Å². The predicted molar refractivity (Wildman–Crippen MR) is 137 cm³/mol. The Hall–Kier alpha value is -2.04. The Morgan fingerprint density at radius 3 is 2.53 bits per heavy atom. The average molecular weight is 638 g/mol. The lowest BCUT2D eigenvalue weighted by Gasteiger charge is -2.11. The van der Waals surface area contributed by atoms with Gasteiger partial charge in [0.1, 0.15) is 5.75 Å². The molecular weight excluding hydrogens is 623 g/mol. The van der Waals surface area contributed by atoms with Gasteiger partial charge in [-0.2, -0.15) is 5.10 Å². The number of halogens is 3. The summed E-state index contributed by atoms with van der Waals surface area (Å²) in [7, 11) is 0. The van der Waals surface area contributed by atoms with E-state index in [0.717, 1.165) is 26.7 Å². The van der Waals surface area contributed by atoms with Crippen LogP contribution in [0.3, 0.4) is 0 Å². The third kappa shape index (κ3) is 4.50. The monoisotopic (exact) mass is 636 g/mol. The van der Waals surface area contributed by atoms with Crippen LogP contribution in [-0.2, 0) is 0 Å². The summed E-state index contributed by atoms with van der Waals surface area (Å²) in [4.78, 5) is 9.30. The maximum absolute atomic E-state index is 10.5. The van der Waals surface area contributed by atoms with Crippen LogP contribution in [0, 0.1) is 3.57 Å². The minimum absolute atomic E-state index is 0.0815. The Kier molecular flexibility index (Phi) is 6.35. The number of phenols is 1. The average Bonchev–Trinajstić information content (AvgIpc) is 2.74. The zero-order valence-corrected chi connectivity index (χ0v) is 21.0. The molecule has 1 heterocycles. The summed E-state index contributed by atoms with van der Waals surface area (Å²) < 4.78 is 2.54. The number of aromatic nitrogens is 2. The molecule has 4 rings (SSSR count). The zero-order valence-electron chi connectivity index (χ0n) is 15.7. The Balaban J connectivity index is 1.80. The number of nitrogens with zero attached hydrogens (tertiary/aromatic N) is 3. The van der Waals surface area contributed by atoms with E-state index in [2.05, 4.69) is 74.9 Å². The van der Waals surface area contributed by atoms with E-state index < -0.39 is 0 Å². The number of para-hydroxylation sites is 1. The van der Waals surface area contributed by atoms with Gasteiger partial charge in [0.15, 0.2) is 11.6 Å². The largest absolute Gasteiger partial charge is 0.506 e. The number of phenolic OH excluding ortho intramolecular Hbond substituents is 1. The molecule has 2 N–H and O–H groups in total. The lowest BCUT2D eigenvalue weighted by Crippen LogP contribution is -2.03. The number of nitrogens with one attached hydrogen (secondary N) is 1. The van der Waals surface area contributed by atoms with E-state index >= 15 is 0 Å². The molecule has 150 valence electrons. The Bertz CT molecular complexity index is 1280. The predicted octanol–water partition coefficient (Wildman–Crippen LogP) is 6.97. The van der Waals surface area contributed by atoms with Gasteiger partial charge in [-0.05, 0) is 87.4 Å². The molecule has 30 heavy (non-hydrogen) atoms. The summed E-state index contributed by atoms with van der Waals surface area (Å²) in [6.45, 7) is 1.94. The molecule has 0 bridgehead atoms. The molecule has 0 amide bonds. The molecule has 5 nitrogen and oxygen atoms in total. The summed E-state index contributed by atoms with van der Waals surface area (Å²) >= 11 is 9.10. The van der Waals surface area contributed by atoms with Gasteiger partial charge in [0.2, 0.25) is 0 Å². The van der Waals surface area contributed by atoms with Crippen LogP contribution in [0.5, 0.6) is 5.75 Å². The standard InChI is InChI=1S/C22H15Br2IN4O/c1-12(13-6-8-15(25)9-7-13)28-29-22-16-4-2-3-5-19(16)26-21(27-22)17-10-14(23)11-18(24)20(17)30/h2-11,30H,1H3,(H,26,27,29)/b28-12+. The van der Waals surface area contributed by atoms with Crippen LogP contribution in [0.4, 0.5) is 5.82 Å². The summed E-state index contributed by atoms with van der Waals surface area (Å²) in [6, 6.07) is 19.4. The van der Waals surface area contributed by atoms with Crippen LogP contribution in [0.1, 0.15) is 12.5 Å². The number of fused-ring (bicyclic) bond motifs is 1. The van der Waals surface area contributed by atoms with Gasteiger partial charge >= 0.3 is 0 Å². The molecule has 8 heteroatoms. The summed E-state index contributed by atoms with van der Waals surface area (Å²) in [5, 5.41) is 15.9. The Morgan fingerprint density at radius 1 is 1.03 bits per heavy atom. The van der Waals surface area contributed by atoms with Crippen molar-refractivity contribution in [3.63, 3.8) is 0 Å². The molecule has 0 aliphatic rings. The molecule has 0 saturated heterocycles. The number of benzene rings is 3. The highest BCUT2D eigenvalue weighted by Gasteiger charge is 2.15. The van der Waals surface area contributed by atoms with Gasteiger partial charge in [-0.15, -0.1) is 0 Å². The molecule has 0 atom stereocenters. The molecule has 4 aromatic rings. The highest BCUT2D eigenvalue weighted by atomic mass is 127. The van der Waals surface area contributed by atoms with Gasteiger partial charge in [-0.3, -0.25) is 5.43 Å². The molecule has 0 unspecified atom stereocenters. The molecule has 0 spiro atoms. The molecule has 0 aliphatic heterocycles. The maximum Gasteiger partial charge on any atom is 0.166 e. The van der Waals surface area contributed by atoms with Gasteiger partial charge in [0.05, 0.1) is 21.3 Å². The van der Waals surface area contributed by atoms with Crippen molar-refractivity contribution in [2.75, 3.05) is 5.43 Å². The van der Waals surface area contributed by atoms with E-state index in [-0.39, 0.29) is 5.75 Å². The molecule has 3 aromatic carbocycles. The van der Waals surface area contributed by atoms with Gasteiger partial charge in [-0.1, -0.05) is 40.2 Å². The number of hydrazone groups is 1. The Labute approximate surface area is 204 Å². The highest BCUT2D eigenvalue weighted by Crippen LogP contribution is 2.38. The van der Waals surface area contributed by atoms with Crippen LogP contribution in [0.25, 0.3) is 22.3 Å². The third-order valence-electron chi connectivity index (χ3n) is 4.46. The molecule has 0 saturated carbocycles. The van der Waals surface area contributed by atoms with E-state index in [1.807, 2.05) is 55.5 Å². The SMILES string of the molecule is C/C(=N\Nc1nc(-c2cc(Br)cc(Br)c2O)nc2ccccc12)c1ccc(I)cc1. The fraction of sp³-hybridized carbons (Fsp3) is 0.0455. The van der Waals surface area contributed by atoms with Crippen molar-refractivity contribution < 1.29 is 5.11 Å². The second-order valence-electron chi connectivity index (χ2n) is 6.51. The molecule has 0 radical (unpaired) electrons. The van der Waals surface area contributed by atoms with E-state index in [4.69, 9.17) is 0 Å². The molecular formula is C22H15Br2IN4O. The van der Waals surface area contributed by atoms with Crippen molar-refractivity contribution in [2.45, 2.75) is 6.92 Å². The minimum atomic E-state index is 0.0815. The fourth-order valence-electron chi connectivity index (χ4n) is 2.91. The summed E-state index contributed by atoms with van der Waals surface area (Å²) in [5.74, 6) is 1.05. The lowest BCUT2D eigenvalue weighted by molar-refractivity contribution is 0.473. The molecule has 0 fully saturated rings. The molecule has 0 aliphatic carbocycles. The van der Waals surface area contributed by atoms with Crippen LogP contribution in [0.15, 0.2) is 74.7 Å². The summed E-state index contributed by atoms with van der Waals surface area (Å²) in [5.41, 5.74) is 6.22. The number of aromatic hydroxyl groups is 1. The topological polar surface area (TPSA) is 70.4 Å². The van der Waals surface area contributed by atoms with Crippen molar-refractivity contribution >= 4 is 76.9 Å². The first-order chi connectivity index (χ1) is 14.4. The van der Waals surface area contributed by atoms with Crippen molar-refractivity contribution in [2.24, 2.45) is 5.10 Å². The zero-order chi connectivity index (χ0) is 21.3. The third-order valence-corrected chi connectivity index (χ3v) is 6.25. The van der Waals surface area contributed by atoms with Crippen molar-refractivity contribution in [3.8, 4) is 17.1 Å². The van der Waals surface area contributed by atoms with Crippen molar-refractivity contribution in [3.05, 3.63) is 78.7 Å². The second-order valence-corrected chi connectivity index (χ2v) is 9.53. The number of hydrogen-bond acceptors (Lipinski definition) is 5. The normalized spacial score (nSPS) is 11.7. The Morgan fingerprint density at radius 2 is 1.77 bits per heavy atom. The number of hydrogen-bond donors (Lipinski definition) is 2. The van der Waals surface area contributed by atoms with Gasteiger partial charge in [0.25, 0.3) is 0 Å². The fourth-order valence-corrected chi connectivity index (χ4v) is 4.50. The van der Waals surface area contributed by atoms with E-state index in [0.29, 0.717) is 21.7 Å². The van der Waals surface area contributed by atoms with Crippen molar-refractivity contribution in [1.29, 1.82) is 0 Å². The maximum atomic E-state index is 10.5. The van der Waals surface area contributed by atoms with Crippen LogP contribution in [-0.4, -0.2) is 20.8 Å². The van der Waals surface area contributed by atoms with Crippen LogP contribution < -0.4 is 5.43 Å². The van der Waals surface area contributed by atoms with Crippen LogP contribution in [0.2, 0.25) is 0 Å². The van der Waals surface area contributed by atoms with Gasteiger partial charge in [-0.25, -0.2) is 9.97 Å². The number of rotatable bonds is 4. The van der Waals surface area contributed by atoms with E-state index in [9.17, 15) is 5.11 Å². The molecule has 1 aromatic heterocycles. The summed E-state index contributed by atoms with van der Waals surface area (Å²) in [6.07, 6.45) is 0. The van der Waals surface area contributed by atoms with E-state index in [1.165, 1.54) is 3.57 Å². The van der Waals surface area contributed by atoms with Crippen molar-refractivity contribution in [1.82, 2.24) is 9.97 Å². The first-order valence-corrected chi connectivity index (χ1v) is 11.6. The highest BCUT2D eigenvalue weighted by molar-refractivity contribution is 14.1. The quantitative estimate of drug-likeness (QED) is 0.144. The first-order valence-electron chi connectivity index (χ1n) is 8.94. The first kappa shape index (κ1) is 21.2. The van der Waals surface area contributed by atoms with Gasteiger partial charge in [0, 0.05) is 13.4 Å². The minimum Gasteiger partial charge on any atom is -0.506 e.